The number of Topliss-reactive ketones (excluding diaryl/α,β-unsaturated/α-hetero) is 1. The van der Waals surface area contributed by atoms with E-state index in [1.807, 2.05) is 30.3 Å². The molecule has 0 N–H and O–H groups in total. The van der Waals surface area contributed by atoms with Crippen LogP contribution in [0.25, 0.3) is 0 Å². The minimum absolute atomic E-state index is 0.0770. The molecule has 4 heteroatoms. The van der Waals surface area contributed by atoms with Crippen LogP contribution in [-0.2, 0) is 11.8 Å². The van der Waals surface area contributed by atoms with Crippen molar-refractivity contribution in [1.82, 2.24) is 9.78 Å². The van der Waals surface area contributed by atoms with Crippen LogP contribution in [0, 0.1) is 0 Å². The molecule has 2 aromatic rings. The number of carbonyl (C=O) groups is 1. The Bertz CT molecular complexity index is 505. The smallest absolute Gasteiger partial charge is 0.199 e. The molecule has 4 nitrogen and oxygen atoms in total. The number of aryl methyl sites for hydroxylation is 1. The largest absolute Gasteiger partial charge is 0.369 e. The molecule has 0 saturated heterocycles. The normalized spacial score (nSPS) is 12.4. The molecular formula is C13H14N2O2. The number of benzene rings is 1. The Morgan fingerprint density at radius 2 is 2.06 bits per heavy atom. The molecule has 0 aliphatic rings. The molecule has 1 heterocycles. The quantitative estimate of drug-likeness (QED) is 0.754. The number of carbonyl (C=O) groups excluding carboxylic acids is 1. The van der Waals surface area contributed by atoms with E-state index in [9.17, 15) is 4.79 Å². The molecule has 1 unspecified atom stereocenters. The third kappa shape index (κ3) is 2.42. The number of methoxy groups -OCH3 is 1. The summed E-state index contributed by atoms with van der Waals surface area (Å²) in [6.45, 7) is 0. The predicted octanol–water partition coefficient (Wildman–Crippen LogP) is 1.99. The summed E-state index contributed by atoms with van der Waals surface area (Å²) < 4.78 is 6.88. The molecule has 0 amide bonds. The van der Waals surface area contributed by atoms with Gasteiger partial charge < -0.3 is 4.74 Å². The van der Waals surface area contributed by atoms with Gasteiger partial charge in [0, 0.05) is 20.4 Å². The van der Waals surface area contributed by atoms with Crippen LogP contribution in [0.3, 0.4) is 0 Å². The van der Waals surface area contributed by atoms with Crippen molar-refractivity contribution in [3.05, 3.63) is 53.9 Å². The van der Waals surface area contributed by atoms with E-state index in [0.717, 1.165) is 5.56 Å². The standard InChI is InChI=1S/C13H14N2O2/c1-15-9-11(8-14-15)12(16)13(17-2)10-6-4-3-5-7-10/h3-9,13H,1-2H3. The summed E-state index contributed by atoms with van der Waals surface area (Å²) in [5.74, 6) is -0.0770. The molecule has 2 rings (SSSR count). The molecule has 0 aliphatic heterocycles. The molecule has 1 aromatic heterocycles. The van der Waals surface area contributed by atoms with Gasteiger partial charge in [0.05, 0.1) is 11.8 Å². The van der Waals surface area contributed by atoms with Crippen LogP contribution in [0.15, 0.2) is 42.7 Å². The minimum Gasteiger partial charge on any atom is -0.369 e. The summed E-state index contributed by atoms with van der Waals surface area (Å²) in [7, 11) is 3.31. The Balaban J connectivity index is 2.28. The predicted molar refractivity (Wildman–Crippen MR) is 63.7 cm³/mol. The number of aromatic nitrogens is 2. The van der Waals surface area contributed by atoms with E-state index in [-0.39, 0.29) is 5.78 Å². The van der Waals surface area contributed by atoms with Gasteiger partial charge in [0.15, 0.2) is 5.78 Å². The Morgan fingerprint density at radius 1 is 1.35 bits per heavy atom. The van der Waals surface area contributed by atoms with Crippen LogP contribution in [0.1, 0.15) is 22.0 Å². The highest BCUT2D eigenvalue weighted by Gasteiger charge is 2.22. The number of hydrogen-bond acceptors (Lipinski definition) is 3. The second-order valence-electron chi connectivity index (χ2n) is 3.79. The first-order valence-electron chi connectivity index (χ1n) is 5.33. The number of nitrogens with zero attached hydrogens (tertiary/aromatic N) is 2. The molecule has 1 atom stereocenters. The van der Waals surface area contributed by atoms with E-state index in [1.165, 1.54) is 7.11 Å². The van der Waals surface area contributed by atoms with E-state index >= 15 is 0 Å². The van der Waals surface area contributed by atoms with Crippen LogP contribution >= 0.6 is 0 Å². The van der Waals surface area contributed by atoms with Crippen molar-refractivity contribution in [3.63, 3.8) is 0 Å². The van der Waals surface area contributed by atoms with Crippen molar-refractivity contribution in [2.75, 3.05) is 7.11 Å². The van der Waals surface area contributed by atoms with Crippen molar-refractivity contribution in [3.8, 4) is 0 Å². The zero-order valence-electron chi connectivity index (χ0n) is 9.83. The number of ether oxygens (including phenoxy) is 1. The van der Waals surface area contributed by atoms with E-state index in [0.29, 0.717) is 5.56 Å². The molecule has 0 fully saturated rings. The molecule has 17 heavy (non-hydrogen) atoms. The minimum atomic E-state index is -0.569. The Hall–Kier alpha value is -1.94. The van der Waals surface area contributed by atoms with Crippen molar-refractivity contribution in [2.24, 2.45) is 7.05 Å². The molecule has 0 saturated carbocycles. The van der Waals surface area contributed by atoms with E-state index < -0.39 is 6.10 Å². The van der Waals surface area contributed by atoms with Gasteiger partial charge in [-0.3, -0.25) is 9.48 Å². The highest BCUT2D eigenvalue weighted by molar-refractivity contribution is 5.99. The van der Waals surface area contributed by atoms with Crippen LogP contribution in [0.2, 0.25) is 0 Å². The monoisotopic (exact) mass is 230 g/mol. The van der Waals surface area contributed by atoms with Crippen molar-refractivity contribution < 1.29 is 9.53 Å². The van der Waals surface area contributed by atoms with Gasteiger partial charge in [0.25, 0.3) is 0 Å². The molecule has 0 aliphatic carbocycles. The first kappa shape index (κ1) is 11.5. The van der Waals surface area contributed by atoms with E-state index in [2.05, 4.69) is 5.10 Å². The maximum Gasteiger partial charge on any atom is 0.199 e. The fourth-order valence-corrected chi connectivity index (χ4v) is 1.72. The summed E-state index contributed by atoms with van der Waals surface area (Å²) in [4.78, 5) is 12.2. The second kappa shape index (κ2) is 4.93. The lowest BCUT2D eigenvalue weighted by Crippen LogP contribution is -2.14. The molecule has 0 spiro atoms. The summed E-state index contributed by atoms with van der Waals surface area (Å²) in [5.41, 5.74) is 1.41. The number of ketones is 1. The highest BCUT2D eigenvalue weighted by atomic mass is 16.5. The third-order valence-electron chi connectivity index (χ3n) is 2.57. The number of hydrogen-bond donors (Lipinski definition) is 0. The average Bonchev–Trinajstić information content (AvgIpc) is 2.78. The van der Waals surface area contributed by atoms with Crippen molar-refractivity contribution >= 4 is 5.78 Å². The van der Waals surface area contributed by atoms with Gasteiger partial charge in [-0.05, 0) is 5.56 Å². The second-order valence-corrected chi connectivity index (χ2v) is 3.79. The third-order valence-corrected chi connectivity index (χ3v) is 2.57. The Labute approximate surface area is 99.8 Å². The topological polar surface area (TPSA) is 44.1 Å². The Morgan fingerprint density at radius 3 is 2.59 bits per heavy atom. The van der Waals surface area contributed by atoms with Crippen LogP contribution in [-0.4, -0.2) is 22.7 Å². The molecule has 0 bridgehead atoms. The zero-order valence-corrected chi connectivity index (χ0v) is 9.83. The van der Waals surface area contributed by atoms with Crippen molar-refractivity contribution in [1.29, 1.82) is 0 Å². The lowest BCUT2D eigenvalue weighted by molar-refractivity contribution is 0.0604. The fourth-order valence-electron chi connectivity index (χ4n) is 1.72. The van der Waals surface area contributed by atoms with Crippen molar-refractivity contribution in [2.45, 2.75) is 6.10 Å². The van der Waals surface area contributed by atoms with E-state index in [1.54, 1.807) is 24.1 Å². The first-order valence-corrected chi connectivity index (χ1v) is 5.33. The van der Waals surface area contributed by atoms with Gasteiger partial charge in [-0.25, -0.2) is 0 Å². The van der Waals surface area contributed by atoms with Gasteiger partial charge in [0.1, 0.15) is 6.10 Å². The maximum absolute atomic E-state index is 12.2. The summed E-state index contributed by atoms with van der Waals surface area (Å²) >= 11 is 0. The van der Waals surface area contributed by atoms with Crippen LogP contribution in [0.5, 0.6) is 0 Å². The SMILES string of the molecule is COC(C(=O)c1cnn(C)c1)c1ccccc1. The van der Waals surface area contributed by atoms with Gasteiger partial charge in [-0.2, -0.15) is 5.10 Å². The lowest BCUT2D eigenvalue weighted by atomic mass is 10.0. The first-order chi connectivity index (χ1) is 8.22. The lowest BCUT2D eigenvalue weighted by Gasteiger charge is -2.13. The fraction of sp³-hybridized carbons (Fsp3) is 0.231. The highest BCUT2D eigenvalue weighted by Crippen LogP contribution is 2.21. The van der Waals surface area contributed by atoms with Gasteiger partial charge in [-0.15, -0.1) is 0 Å². The van der Waals surface area contributed by atoms with Crippen LogP contribution in [0.4, 0.5) is 0 Å². The van der Waals surface area contributed by atoms with Gasteiger partial charge in [0.2, 0.25) is 0 Å². The Kier molecular flexibility index (Phi) is 3.35. The molecule has 1 aromatic carbocycles. The zero-order chi connectivity index (χ0) is 12.3. The maximum atomic E-state index is 12.2. The summed E-state index contributed by atoms with van der Waals surface area (Å²) in [6.07, 6.45) is 2.68. The van der Waals surface area contributed by atoms with Gasteiger partial charge >= 0.3 is 0 Å². The number of rotatable bonds is 4. The van der Waals surface area contributed by atoms with Gasteiger partial charge in [-0.1, -0.05) is 30.3 Å². The molecular weight excluding hydrogens is 216 g/mol. The summed E-state index contributed by atoms with van der Waals surface area (Å²) in [6, 6.07) is 9.44. The average molecular weight is 230 g/mol. The molecule has 88 valence electrons. The molecule has 0 radical (unpaired) electrons. The van der Waals surface area contributed by atoms with Crippen LogP contribution < -0.4 is 0 Å². The summed E-state index contributed by atoms with van der Waals surface area (Å²) in [5, 5.41) is 3.99. The van der Waals surface area contributed by atoms with E-state index in [4.69, 9.17) is 4.74 Å².